The largest absolute Gasteiger partial charge is 0.392 e. The molecule has 108 valence electrons. The molecular formula is C13H27ClN2O2. The third-order valence-corrected chi connectivity index (χ3v) is 3.80. The molecule has 0 heterocycles. The third kappa shape index (κ3) is 5.55. The number of aliphatic hydroxyl groups is 1. The van der Waals surface area contributed by atoms with Gasteiger partial charge in [-0.1, -0.05) is 19.8 Å². The Hall–Kier alpha value is -0.320. The summed E-state index contributed by atoms with van der Waals surface area (Å²) in [6, 6.07) is 0. The lowest BCUT2D eigenvalue weighted by atomic mass is 9.73. The molecule has 0 radical (unpaired) electrons. The van der Waals surface area contributed by atoms with E-state index < -0.39 is 0 Å². The first-order chi connectivity index (χ1) is 8.08. The van der Waals surface area contributed by atoms with Crippen LogP contribution in [0.2, 0.25) is 0 Å². The van der Waals surface area contributed by atoms with Crippen molar-refractivity contribution >= 4 is 18.3 Å². The van der Waals surface area contributed by atoms with Gasteiger partial charge in [0, 0.05) is 18.4 Å². The number of hydrogen-bond acceptors (Lipinski definition) is 3. The molecule has 0 aromatic rings. The molecule has 2 atom stereocenters. The van der Waals surface area contributed by atoms with Crippen molar-refractivity contribution in [2.75, 3.05) is 20.1 Å². The monoisotopic (exact) mass is 278 g/mol. The number of halogens is 1. The van der Waals surface area contributed by atoms with Crippen LogP contribution in [0.1, 0.15) is 45.4 Å². The zero-order chi connectivity index (χ0) is 12.7. The highest BCUT2D eigenvalue weighted by Crippen LogP contribution is 2.35. The van der Waals surface area contributed by atoms with Gasteiger partial charge in [-0.25, -0.2) is 0 Å². The lowest BCUT2D eigenvalue weighted by Crippen LogP contribution is -2.45. The number of carbonyl (C=O) groups is 1. The van der Waals surface area contributed by atoms with Gasteiger partial charge in [0.05, 0.1) is 6.10 Å². The fraction of sp³-hybridized carbons (Fsp3) is 0.923. The highest BCUT2D eigenvalue weighted by atomic mass is 35.5. The van der Waals surface area contributed by atoms with Crippen molar-refractivity contribution in [1.29, 1.82) is 0 Å². The highest BCUT2D eigenvalue weighted by Gasteiger charge is 2.35. The number of hydrogen-bond donors (Lipinski definition) is 3. The molecule has 18 heavy (non-hydrogen) atoms. The summed E-state index contributed by atoms with van der Waals surface area (Å²) in [5.41, 5.74) is -0.128. The molecule has 3 N–H and O–H groups in total. The topological polar surface area (TPSA) is 61.4 Å². The standard InChI is InChI=1S/C13H26N2O2.ClH/c1-13(8-4-3-6-11(13)16)10-15-12(17)7-5-9-14-2;/h11,14,16H,3-10H2,1-2H3,(H,15,17);1H. The molecule has 0 bridgehead atoms. The fourth-order valence-electron chi connectivity index (χ4n) is 2.40. The fourth-order valence-corrected chi connectivity index (χ4v) is 2.40. The summed E-state index contributed by atoms with van der Waals surface area (Å²) < 4.78 is 0. The lowest BCUT2D eigenvalue weighted by Gasteiger charge is -2.38. The molecule has 0 aromatic heterocycles. The zero-order valence-corrected chi connectivity index (χ0v) is 12.3. The molecular weight excluding hydrogens is 252 g/mol. The summed E-state index contributed by atoms with van der Waals surface area (Å²) in [6.45, 7) is 3.55. The van der Waals surface area contributed by atoms with E-state index in [4.69, 9.17) is 0 Å². The van der Waals surface area contributed by atoms with Gasteiger partial charge in [0.2, 0.25) is 5.91 Å². The van der Waals surface area contributed by atoms with Gasteiger partial charge in [0.15, 0.2) is 0 Å². The van der Waals surface area contributed by atoms with Crippen LogP contribution < -0.4 is 10.6 Å². The Labute approximate surface area is 116 Å². The van der Waals surface area contributed by atoms with Crippen LogP contribution in [0, 0.1) is 5.41 Å². The maximum Gasteiger partial charge on any atom is 0.220 e. The molecule has 0 spiro atoms. The van der Waals surface area contributed by atoms with E-state index in [9.17, 15) is 9.90 Å². The van der Waals surface area contributed by atoms with Crippen LogP contribution in [0.25, 0.3) is 0 Å². The van der Waals surface area contributed by atoms with Crippen LogP contribution in [0.5, 0.6) is 0 Å². The zero-order valence-electron chi connectivity index (χ0n) is 11.5. The minimum atomic E-state index is -0.270. The molecule has 5 heteroatoms. The number of aliphatic hydroxyl groups excluding tert-OH is 1. The van der Waals surface area contributed by atoms with Crippen LogP contribution in [0.4, 0.5) is 0 Å². The van der Waals surface area contributed by atoms with E-state index in [1.807, 2.05) is 7.05 Å². The molecule has 1 fully saturated rings. The SMILES string of the molecule is CNCCCC(=O)NCC1(C)CCCCC1O.Cl. The minimum absolute atomic E-state index is 0. The van der Waals surface area contributed by atoms with Crippen molar-refractivity contribution in [3.05, 3.63) is 0 Å². The van der Waals surface area contributed by atoms with Crippen LogP contribution in [-0.4, -0.2) is 37.3 Å². The second kappa shape index (κ2) is 8.73. The van der Waals surface area contributed by atoms with Crippen LogP contribution in [0.3, 0.4) is 0 Å². The molecule has 2 unspecified atom stereocenters. The van der Waals surface area contributed by atoms with Crippen molar-refractivity contribution in [1.82, 2.24) is 10.6 Å². The predicted molar refractivity (Wildman–Crippen MR) is 76.0 cm³/mol. The first kappa shape index (κ1) is 17.7. The van der Waals surface area contributed by atoms with Crippen molar-refractivity contribution in [2.24, 2.45) is 5.41 Å². The lowest BCUT2D eigenvalue weighted by molar-refractivity contribution is -0.122. The first-order valence-electron chi connectivity index (χ1n) is 6.68. The Morgan fingerprint density at radius 1 is 1.44 bits per heavy atom. The van der Waals surface area contributed by atoms with Gasteiger partial charge < -0.3 is 15.7 Å². The number of carbonyl (C=O) groups excluding carboxylic acids is 1. The Balaban J connectivity index is 0.00000289. The maximum absolute atomic E-state index is 11.6. The molecule has 4 nitrogen and oxygen atoms in total. The van der Waals surface area contributed by atoms with E-state index in [0.29, 0.717) is 13.0 Å². The summed E-state index contributed by atoms with van der Waals surface area (Å²) in [5, 5.41) is 16.0. The molecule has 0 saturated heterocycles. The Morgan fingerprint density at radius 2 is 2.17 bits per heavy atom. The summed E-state index contributed by atoms with van der Waals surface area (Å²) in [7, 11) is 1.89. The van der Waals surface area contributed by atoms with Gasteiger partial charge in [0.25, 0.3) is 0 Å². The highest BCUT2D eigenvalue weighted by molar-refractivity contribution is 5.85. The summed E-state index contributed by atoms with van der Waals surface area (Å²) in [4.78, 5) is 11.6. The van der Waals surface area contributed by atoms with E-state index >= 15 is 0 Å². The summed E-state index contributed by atoms with van der Waals surface area (Å²) in [6.07, 6.45) is 5.29. The minimum Gasteiger partial charge on any atom is -0.392 e. The third-order valence-electron chi connectivity index (χ3n) is 3.80. The van der Waals surface area contributed by atoms with Gasteiger partial charge in [-0.05, 0) is 32.9 Å². The quantitative estimate of drug-likeness (QED) is 0.645. The Morgan fingerprint density at radius 3 is 2.78 bits per heavy atom. The average Bonchev–Trinajstić information content (AvgIpc) is 2.31. The van der Waals surface area contributed by atoms with Crippen molar-refractivity contribution in [2.45, 2.75) is 51.6 Å². The normalized spacial score (nSPS) is 27.4. The maximum atomic E-state index is 11.6. The van der Waals surface area contributed by atoms with Crippen LogP contribution in [-0.2, 0) is 4.79 Å². The first-order valence-corrected chi connectivity index (χ1v) is 6.68. The Kier molecular flexibility index (Phi) is 8.57. The molecule has 1 aliphatic carbocycles. The van der Waals surface area contributed by atoms with E-state index in [1.165, 1.54) is 0 Å². The number of nitrogens with one attached hydrogen (secondary N) is 2. The molecule has 0 aromatic carbocycles. The van der Waals surface area contributed by atoms with Crippen molar-refractivity contribution in [3.8, 4) is 0 Å². The molecule has 1 rings (SSSR count). The number of rotatable bonds is 6. The van der Waals surface area contributed by atoms with Crippen LogP contribution >= 0.6 is 12.4 Å². The van der Waals surface area contributed by atoms with Crippen molar-refractivity contribution in [3.63, 3.8) is 0 Å². The van der Waals surface area contributed by atoms with E-state index in [2.05, 4.69) is 17.6 Å². The van der Waals surface area contributed by atoms with Gasteiger partial charge >= 0.3 is 0 Å². The predicted octanol–water partition coefficient (Wildman–Crippen LogP) is 1.47. The second-order valence-corrected chi connectivity index (χ2v) is 5.40. The van der Waals surface area contributed by atoms with E-state index in [-0.39, 0.29) is 29.8 Å². The average molecular weight is 279 g/mol. The van der Waals surface area contributed by atoms with Crippen molar-refractivity contribution < 1.29 is 9.90 Å². The number of amides is 1. The second-order valence-electron chi connectivity index (χ2n) is 5.40. The molecule has 0 aliphatic heterocycles. The van der Waals surface area contributed by atoms with Gasteiger partial charge in [-0.3, -0.25) is 4.79 Å². The van der Waals surface area contributed by atoms with Gasteiger partial charge in [-0.15, -0.1) is 12.4 Å². The summed E-state index contributed by atoms with van der Waals surface area (Å²) in [5.74, 6) is 0.0965. The van der Waals surface area contributed by atoms with E-state index in [1.54, 1.807) is 0 Å². The Bertz CT molecular complexity index is 251. The van der Waals surface area contributed by atoms with Gasteiger partial charge in [0.1, 0.15) is 0 Å². The van der Waals surface area contributed by atoms with E-state index in [0.717, 1.165) is 38.6 Å². The molecule has 1 aliphatic rings. The molecule has 1 saturated carbocycles. The van der Waals surface area contributed by atoms with Gasteiger partial charge in [-0.2, -0.15) is 0 Å². The smallest absolute Gasteiger partial charge is 0.220 e. The molecule has 1 amide bonds. The summed E-state index contributed by atoms with van der Waals surface area (Å²) >= 11 is 0. The van der Waals surface area contributed by atoms with Crippen LogP contribution in [0.15, 0.2) is 0 Å².